The molecule has 1 aromatic carbocycles. The summed E-state index contributed by atoms with van der Waals surface area (Å²) in [7, 11) is -1.75. The molecule has 0 spiro atoms. The lowest BCUT2D eigenvalue weighted by molar-refractivity contribution is 0.572. The fraction of sp³-hybridized carbons (Fsp3) is 0.308. The van der Waals surface area contributed by atoms with E-state index in [2.05, 4.69) is 15.0 Å². The van der Waals surface area contributed by atoms with Gasteiger partial charge in [0.05, 0.1) is 11.2 Å². The maximum Gasteiger partial charge on any atom is 0.240 e. The molecule has 0 unspecified atom stereocenters. The van der Waals surface area contributed by atoms with Crippen LogP contribution in [-0.2, 0) is 23.1 Å². The fourth-order valence-electron chi connectivity index (χ4n) is 1.84. The van der Waals surface area contributed by atoms with Crippen LogP contribution in [0.25, 0.3) is 0 Å². The summed E-state index contributed by atoms with van der Waals surface area (Å²) < 4.78 is 28.7. The lowest BCUT2D eigenvalue weighted by Gasteiger charge is -2.09. The molecule has 0 radical (unpaired) electrons. The molecule has 0 saturated carbocycles. The minimum atomic E-state index is -3.56. The van der Waals surface area contributed by atoms with Gasteiger partial charge >= 0.3 is 0 Å². The summed E-state index contributed by atoms with van der Waals surface area (Å²) in [6.07, 6.45) is 5.06. The van der Waals surface area contributed by atoms with E-state index >= 15 is 0 Å². The van der Waals surface area contributed by atoms with Crippen LogP contribution >= 0.6 is 11.6 Å². The van der Waals surface area contributed by atoms with Crippen molar-refractivity contribution in [1.29, 1.82) is 0 Å². The number of rotatable bonds is 7. The number of hydrogen-bond donors (Lipinski definition) is 2. The number of hydrogen-bond acceptors (Lipinski definition) is 4. The van der Waals surface area contributed by atoms with Gasteiger partial charge in [0, 0.05) is 37.1 Å². The molecule has 2 aromatic rings. The van der Waals surface area contributed by atoms with Gasteiger partial charge in [-0.25, -0.2) is 18.1 Å². The molecule has 0 saturated heterocycles. The molecule has 8 heteroatoms. The van der Waals surface area contributed by atoms with Gasteiger partial charge in [0.15, 0.2) is 0 Å². The third kappa shape index (κ3) is 4.28. The number of imidazole rings is 1. The van der Waals surface area contributed by atoms with Crippen LogP contribution in [0, 0.1) is 0 Å². The summed E-state index contributed by atoms with van der Waals surface area (Å²) in [6.45, 7) is 1.40. The Kier molecular flexibility index (Phi) is 5.35. The Morgan fingerprint density at radius 1 is 1.38 bits per heavy atom. The van der Waals surface area contributed by atoms with Gasteiger partial charge in [-0.2, -0.15) is 0 Å². The molecule has 2 rings (SSSR count). The molecule has 2 N–H and O–H groups in total. The quantitative estimate of drug-likeness (QED) is 0.801. The Bertz CT molecular complexity index is 686. The van der Waals surface area contributed by atoms with Crippen LogP contribution in [0.5, 0.6) is 0 Å². The van der Waals surface area contributed by atoms with Gasteiger partial charge in [0.1, 0.15) is 0 Å². The van der Waals surface area contributed by atoms with E-state index < -0.39 is 10.0 Å². The Hall–Kier alpha value is -1.41. The second-order valence-electron chi connectivity index (χ2n) is 4.48. The summed E-state index contributed by atoms with van der Waals surface area (Å²) in [5, 5.41) is 3.41. The first-order chi connectivity index (χ1) is 10.0. The Balaban J connectivity index is 2.03. The minimum absolute atomic E-state index is 0.165. The molecule has 6 nitrogen and oxygen atoms in total. The second-order valence-corrected chi connectivity index (χ2v) is 6.66. The SMILES string of the molecule is CNCc1ccc(S(=O)(=O)NCCn2ccnc2)cc1Cl. The monoisotopic (exact) mass is 328 g/mol. The number of nitrogens with zero attached hydrogens (tertiary/aromatic N) is 2. The molecule has 0 fully saturated rings. The number of halogens is 1. The van der Waals surface area contributed by atoms with Crippen molar-refractivity contribution in [2.75, 3.05) is 13.6 Å². The first-order valence-electron chi connectivity index (χ1n) is 6.41. The molecular weight excluding hydrogens is 312 g/mol. The third-order valence-corrected chi connectivity index (χ3v) is 4.73. The number of aromatic nitrogens is 2. The highest BCUT2D eigenvalue weighted by molar-refractivity contribution is 7.89. The van der Waals surface area contributed by atoms with E-state index in [0.717, 1.165) is 5.56 Å². The normalized spacial score (nSPS) is 11.7. The summed E-state index contributed by atoms with van der Waals surface area (Å²) in [6, 6.07) is 4.73. The molecule has 21 heavy (non-hydrogen) atoms. The zero-order valence-electron chi connectivity index (χ0n) is 11.6. The number of benzene rings is 1. The molecule has 0 aliphatic carbocycles. The van der Waals surface area contributed by atoms with Gasteiger partial charge < -0.3 is 9.88 Å². The van der Waals surface area contributed by atoms with Crippen molar-refractivity contribution >= 4 is 21.6 Å². The minimum Gasteiger partial charge on any atom is -0.336 e. The molecular formula is C13H17ClN4O2S. The lowest BCUT2D eigenvalue weighted by atomic mass is 10.2. The predicted octanol–water partition coefficient (Wildman–Crippen LogP) is 1.23. The zero-order valence-corrected chi connectivity index (χ0v) is 13.2. The topological polar surface area (TPSA) is 76.0 Å². The lowest BCUT2D eigenvalue weighted by Crippen LogP contribution is -2.27. The van der Waals surface area contributed by atoms with Crippen LogP contribution in [0.1, 0.15) is 5.56 Å². The van der Waals surface area contributed by atoms with E-state index in [4.69, 9.17) is 11.6 Å². The summed E-state index contributed by atoms with van der Waals surface area (Å²) in [5.41, 5.74) is 0.858. The van der Waals surface area contributed by atoms with E-state index in [-0.39, 0.29) is 11.4 Å². The van der Waals surface area contributed by atoms with Crippen LogP contribution in [0.15, 0.2) is 41.8 Å². The van der Waals surface area contributed by atoms with Crippen LogP contribution in [-0.4, -0.2) is 31.6 Å². The van der Waals surface area contributed by atoms with Gasteiger partial charge in [-0.05, 0) is 24.7 Å². The Morgan fingerprint density at radius 2 is 2.19 bits per heavy atom. The molecule has 0 aliphatic heterocycles. The van der Waals surface area contributed by atoms with Crippen molar-refractivity contribution < 1.29 is 8.42 Å². The van der Waals surface area contributed by atoms with Crippen LogP contribution in [0.4, 0.5) is 0 Å². The fourth-order valence-corrected chi connectivity index (χ4v) is 3.20. The molecule has 0 atom stereocenters. The maximum atomic E-state index is 12.2. The van der Waals surface area contributed by atoms with E-state index in [9.17, 15) is 8.42 Å². The van der Waals surface area contributed by atoms with Crippen molar-refractivity contribution in [3.63, 3.8) is 0 Å². The molecule has 0 aliphatic rings. The Labute approximate surface area is 129 Å². The van der Waals surface area contributed by atoms with Gasteiger partial charge in [-0.15, -0.1) is 0 Å². The summed E-state index contributed by atoms with van der Waals surface area (Å²) >= 11 is 6.08. The van der Waals surface area contributed by atoms with Gasteiger partial charge in [-0.3, -0.25) is 0 Å². The smallest absolute Gasteiger partial charge is 0.240 e. The summed E-state index contributed by atoms with van der Waals surface area (Å²) in [4.78, 5) is 4.06. The van der Waals surface area contributed by atoms with E-state index in [0.29, 0.717) is 18.1 Å². The highest BCUT2D eigenvalue weighted by Crippen LogP contribution is 2.20. The van der Waals surface area contributed by atoms with E-state index in [1.807, 2.05) is 0 Å². The molecule has 114 valence electrons. The standard InChI is InChI=1S/C13H17ClN4O2S/c1-15-9-11-2-3-12(8-13(11)14)21(19,20)17-5-7-18-6-4-16-10-18/h2-4,6,8,10,15,17H,5,7,9H2,1H3. The van der Waals surface area contributed by atoms with Gasteiger partial charge in [0.2, 0.25) is 10.0 Å². The predicted molar refractivity (Wildman–Crippen MR) is 81.6 cm³/mol. The first-order valence-corrected chi connectivity index (χ1v) is 8.27. The van der Waals surface area contributed by atoms with Gasteiger partial charge in [-0.1, -0.05) is 17.7 Å². The molecule has 1 aromatic heterocycles. The van der Waals surface area contributed by atoms with Crippen molar-refractivity contribution in [2.45, 2.75) is 18.0 Å². The number of nitrogens with one attached hydrogen (secondary N) is 2. The summed E-state index contributed by atoms with van der Waals surface area (Å²) in [5.74, 6) is 0. The molecule has 0 amide bonds. The molecule has 1 heterocycles. The first kappa shape index (κ1) is 16.0. The average molecular weight is 329 g/mol. The van der Waals surface area contributed by atoms with E-state index in [1.165, 1.54) is 6.07 Å². The maximum absolute atomic E-state index is 12.2. The van der Waals surface area contributed by atoms with Crippen LogP contribution in [0.3, 0.4) is 0 Å². The largest absolute Gasteiger partial charge is 0.336 e. The van der Waals surface area contributed by atoms with Crippen molar-refractivity contribution in [1.82, 2.24) is 19.6 Å². The number of sulfonamides is 1. The van der Waals surface area contributed by atoms with Crippen LogP contribution in [0.2, 0.25) is 5.02 Å². The van der Waals surface area contributed by atoms with Gasteiger partial charge in [0.25, 0.3) is 0 Å². The zero-order chi connectivity index (χ0) is 15.3. The van der Waals surface area contributed by atoms with Crippen molar-refractivity contribution in [3.05, 3.63) is 47.5 Å². The average Bonchev–Trinajstić information content (AvgIpc) is 2.94. The highest BCUT2D eigenvalue weighted by Gasteiger charge is 2.15. The van der Waals surface area contributed by atoms with Crippen molar-refractivity contribution in [3.8, 4) is 0 Å². The second kappa shape index (κ2) is 7.04. The highest BCUT2D eigenvalue weighted by atomic mass is 35.5. The van der Waals surface area contributed by atoms with Crippen LogP contribution < -0.4 is 10.0 Å². The van der Waals surface area contributed by atoms with E-state index in [1.54, 1.807) is 42.5 Å². The third-order valence-electron chi connectivity index (χ3n) is 2.92. The van der Waals surface area contributed by atoms with Crippen molar-refractivity contribution in [2.24, 2.45) is 0 Å². The Morgan fingerprint density at radius 3 is 2.81 bits per heavy atom. The molecule has 0 bridgehead atoms.